The largest absolute Gasteiger partial charge is 0.481 e. The minimum absolute atomic E-state index is 0.0642. The van der Waals surface area contributed by atoms with Gasteiger partial charge < -0.3 is 10.4 Å². The first-order valence-electron chi connectivity index (χ1n) is 9.89. The number of benzene rings is 2. The van der Waals surface area contributed by atoms with Crippen molar-refractivity contribution < 1.29 is 9.90 Å². The van der Waals surface area contributed by atoms with E-state index in [9.17, 15) is 4.79 Å². The van der Waals surface area contributed by atoms with Crippen LogP contribution in [0, 0.1) is 0 Å². The van der Waals surface area contributed by atoms with E-state index >= 15 is 0 Å². The molecular weight excluding hydrogens is 535 g/mol. The Labute approximate surface area is 195 Å². The van der Waals surface area contributed by atoms with Crippen molar-refractivity contribution in [1.82, 2.24) is 0 Å². The summed E-state index contributed by atoms with van der Waals surface area (Å²) in [5.74, 6) is -0.889. The Morgan fingerprint density at radius 3 is 2.03 bits per heavy atom. The number of para-hydroxylation sites is 2. The second kappa shape index (κ2) is 15.2. The molecule has 2 aromatic rings. The predicted octanol–water partition coefficient (Wildman–Crippen LogP) is 8.18. The molecule has 0 amide bonds. The molecule has 2 N–H and O–H groups in total. The molecule has 0 unspecified atom stereocenters. The standard InChI is InChI=1S/C14H11Cl2NO2.2C4H9.ClH.Sn/c15-10-5-3-6-11(16)14(10)17-12-7-2-1-4-9(12)8-13(18)19;2*1-3-4-2;;/h1-7,17H,8H2,(H,18,19);2*1,3-4H2,2H3;1H;/q;;;;+1/p-1. The zero-order valence-electron chi connectivity index (χ0n) is 17.0. The fourth-order valence-corrected chi connectivity index (χ4v) is 9.78. The number of rotatable bonds is 10. The van der Waals surface area contributed by atoms with Gasteiger partial charge in [0.05, 0.1) is 22.2 Å². The third kappa shape index (κ3) is 10.8. The average molecular weight is 565 g/mol. The molecule has 159 valence electrons. The van der Waals surface area contributed by atoms with E-state index in [0.29, 0.717) is 27.0 Å². The van der Waals surface area contributed by atoms with E-state index in [1.54, 1.807) is 36.4 Å². The van der Waals surface area contributed by atoms with Crippen LogP contribution in [0.2, 0.25) is 18.9 Å². The molecule has 0 spiro atoms. The number of anilines is 2. The quantitative estimate of drug-likeness (QED) is 0.286. The van der Waals surface area contributed by atoms with Crippen LogP contribution in [-0.4, -0.2) is 29.7 Å². The van der Waals surface area contributed by atoms with Gasteiger partial charge in [0.25, 0.3) is 0 Å². The Balaban J connectivity index is 0.000000359. The average Bonchev–Trinajstić information content (AvgIpc) is 2.69. The van der Waals surface area contributed by atoms with Gasteiger partial charge in [-0.15, -0.1) is 0 Å². The maximum absolute atomic E-state index is 10.8. The molecule has 0 atom stereocenters. The fraction of sp³-hybridized carbons (Fsp3) is 0.409. The van der Waals surface area contributed by atoms with Gasteiger partial charge >= 0.3 is 81.9 Å². The number of aliphatic carboxylic acids is 1. The first kappa shape index (κ1) is 26.4. The van der Waals surface area contributed by atoms with Crippen LogP contribution in [0.3, 0.4) is 0 Å². The van der Waals surface area contributed by atoms with Gasteiger partial charge in [-0.3, -0.25) is 4.79 Å². The Morgan fingerprint density at radius 2 is 1.52 bits per heavy atom. The van der Waals surface area contributed by atoms with Crippen LogP contribution in [0.15, 0.2) is 42.5 Å². The van der Waals surface area contributed by atoms with Crippen molar-refractivity contribution in [2.24, 2.45) is 0 Å². The number of hydrogen-bond donors (Lipinski definition) is 2. The smallest absolute Gasteiger partial charge is 0.307 e. The summed E-state index contributed by atoms with van der Waals surface area (Å²) in [4.78, 5) is 10.8. The SMILES string of the molecule is CCC[CH2][Sn]([Cl])[CH2]CCC.O=C(O)Cc1ccccc1Nc1c(Cl)cccc1Cl. The molecule has 29 heavy (non-hydrogen) atoms. The number of nitrogens with one attached hydrogen (secondary N) is 1. The van der Waals surface area contributed by atoms with Crippen LogP contribution in [0.25, 0.3) is 0 Å². The molecule has 3 nitrogen and oxygen atoms in total. The Morgan fingerprint density at radius 1 is 0.966 bits per heavy atom. The van der Waals surface area contributed by atoms with Gasteiger partial charge in [-0.05, 0) is 23.8 Å². The van der Waals surface area contributed by atoms with E-state index in [0.717, 1.165) is 0 Å². The summed E-state index contributed by atoms with van der Waals surface area (Å²) in [6, 6.07) is 12.3. The van der Waals surface area contributed by atoms with Crippen LogP contribution in [0.4, 0.5) is 11.4 Å². The van der Waals surface area contributed by atoms with E-state index < -0.39 is 24.6 Å². The van der Waals surface area contributed by atoms with Crippen molar-refractivity contribution in [2.45, 2.75) is 54.8 Å². The molecule has 0 aliphatic carbocycles. The van der Waals surface area contributed by atoms with Crippen molar-refractivity contribution in [3.63, 3.8) is 0 Å². The van der Waals surface area contributed by atoms with Crippen molar-refractivity contribution in [1.29, 1.82) is 0 Å². The third-order valence-electron chi connectivity index (χ3n) is 4.18. The van der Waals surface area contributed by atoms with Crippen LogP contribution >= 0.6 is 32.1 Å². The Bertz CT molecular complexity index is 730. The monoisotopic (exact) mass is 564 g/mol. The zero-order chi connectivity index (χ0) is 21.6. The maximum atomic E-state index is 10.8. The van der Waals surface area contributed by atoms with E-state index in [1.165, 1.54) is 34.6 Å². The second-order valence-electron chi connectivity index (χ2n) is 6.67. The molecule has 2 aromatic carbocycles. The summed E-state index contributed by atoms with van der Waals surface area (Å²) in [5.41, 5.74) is 1.93. The summed E-state index contributed by atoms with van der Waals surface area (Å²) in [6.45, 7) is 4.49. The van der Waals surface area contributed by atoms with Crippen molar-refractivity contribution in [3.8, 4) is 0 Å². The molecule has 1 radical (unpaired) electrons. The molecule has 0 aliphatic rings. The molecule has 0 aliphatic heterocycles. The van der Waals surface area contributed by atoms with Crippen molar-refractivity contribution in [3.05, 3.63) is 58.1 Å². The molecule has 0 saturated heterocycles. The van der Waals surface area contributed by atoms with Crippen molar-refractivity contribution >= 4 is 68.1 Å². The molecule has 7 heteroatoms. The summed E-state index contributed by atoms with van der Waals surface area (Å²) >= 11 is 10.9. The third-order valence-corrected chi connectivity index (χ3v) is 12.5. The van der Waals surface area contributed by atoms with E-state index in [1.807, 2.05) is 6.07 Å². The normalized spacial score (nSPS) is 10.4. The first-order chi connectivity index (χ1) is 13.9. The molecule has 0 heterocycles. The van der Waals surface area contributed by atoms with Gasteiger partial charge in [0.1, 0.15) is 0 Å². The fourth-order valence-electron chi connectivity index (χ4n) is 2.57. The summed E-state index contributed by atoms with van der Waals surface area (Å²) < 4.78 is 2.81. The summed E-state index contributed by atoms with van der Waals surface area (Å²) in [7, 11) is 6.24. The molecule has 0 bridgehead atoms. The minimum atomic E-state index is -1.27. The summed E-state index contributed by atoms with van der Waals surface area (Å²) in [5, 5.41) is 12.9. The molecular formula is C22H29Cl3NO2Sn. The van der Waals surface area contributed by atoms with E-state index in [-0.39, 0.29) is 6.42 Å². The molecule has 2 rings (SSSR count). The van der Waals surface area contributed by atoms with Gasteiger partial charge in [0.15, 0.2) is 0 Å². The predicted molar refractivity (Wildman–Crippen MR) is 129 cm³/mol. The topological polar surface area (TPSA) is 49.3 Å². The van der Waals surface area contributed by atoms with Crippen molar-refractivity contribution in [2.75, 3.05) is 5.32 Å². The van der Waals surface area contributed by atoms with Gasteiger partial charge in [-0.1, -0.05) is 47.5 Å². The maximum Gasteiger partial charge on any atom is 0.307 e. The number of carboxylic acids is 1. The second-order valence-corrected chi connectivity index (χ2v) is 16.9. The van der Waals surface area contributed by atoms with Crippen LogP contribution in [-0.2, 0) is 11.2 Å². The van der Waals surface area contributed by atoms with Gasteiger partial charge in [-0.25, -0.2) is 0 Å². The Hall–Kier alpha value is -0.621. The number of carboxylic acid groups (broad SMARTS) is 1. The zero-order valence-corrected chi connectivity index (χ0v) is 22.1. The minimum Gasteiger partial charge on any atom is -0.481 e. The van der Waals surface area contributed by atoms with E-state index in [4.69, 9.17) is 37.2 Å². The molecule has 0 fully saturated rings. The van der Waals surface area contributed by atoms with Crippen LogP contribution in [0.1, 0.15) is 45.1 Å². The van der Waals surface area contributed by atoms with E-state index in [2.05, 4.69) is 19.2 Å². The molecule has 0 saturated carbocycles. The van der Waals surface area contributed by atoms with Gasteiger partial charge in [-0.2, -0.15) is 0 Å². The summed E-state index contributed by atoms with van der Waals surface area (Å²) in [6.07, 6.45) is 5.33. The van der Waals surface area contributed by atoms with Gasteiger partial charge in [0, 0.05) is 5.69 Å². The van der Waals surface area contributed by atoms with Crippen LogP contribution < -0.4 is 5.32 Å². The van der Waals surface area contributed by atoms with Gasteiger partial charge in [0.2, 0.25) is 0 Å². The van der Waals surface area contributed by atoms with Crippen LogP contribution in [0.5, 0.6) is 0 Å². The number of carbonyl (C=O) groups is 1. The Kier molecular flexibility index (Phi) is 13.9. The molecule has 0 aromatic heterocycles. The first-order valence-corrected chi connectivity index (χ1v) is 18.3. The number of hydrogen-bond acceptors (Lipinski definition) is 2. The number of halogens is 3. The number of unbranched alkanes of at least 4 members (excludes halogenated alkanes) is 2.